The van der Waals surface area contributed by atoms with Gasteiger partial charge < -0.3 is 5.73 Å². The molecule has 0 fully saturated rings. The molecule has 0 aliphatic carbocycles. The normalized spacial score (nSPS) is 16.2. The van der Waals surface area contributed by atoms with Gasteiger partial charge in [-0.25, -0.2) is 0 Å². The molecule has 0 saturated heterocycles. The molecule has 0 amide bonds. The first-order chi connectivity index (χ1) is 6.29. The predicted molar refractivity (Wildman–Crippen MR) is 54.7 cm³/mol. The molecule has 0 saturated carbocycles. The fourth-order valence-electron chi connectivity index (χ4n) is 1.46. The van der Waals surface area contributed by atoms with Gasteiger partial charge in [0.2, 0.25) is 0 Å². The second-order valence-electron chi connectivity index (χ2n) is 3.18. The third kappa shape index (κ3) is 1.35. The Hall–Kier alpha value is -1.57. The Balaban J connectivity index is 2.40. The van der Waals surface area contributed by atoms with Crippen molar-refractivity contribution >= 4 is 5.71 Å². The number of aliphatic imine (C=N–C) groups is 1. The quantitative estimate of drug-likeness (QED) is 0.688. The number of benzene rings is 1. The van der Waals surface area contributed by atoms with Crippen molar-refractivity contribution in [1.82, 2.24) is 0 Å². The Morgan fingerprint density at radius 3 is 2.46 bits per heavy atom. The van der Waals surface area contributed by atoms with Gasteiger partial charge in [-0.1, -0.05) is 30.3 Å². The van der Waals surface area contributed by atoms with Crippen molar-refractivity contribution in [3.8, 4) is 0 Å². The fourth-order valence-corrected chi connectivity index (χ4v) is 1.46. The maximum Gasteiger partial charge on any atom is 0.0795 e. The van der Waals surface area contributed by atoms with Crippen LogP contribution in [0.25, 0.3) is 0 Å². The molecule has 13 heavy (non-hydrogen) atoms. The summed E-state index contributed by atoms with van der Waals surface area (Å²) in [5, 5.41) is 0. The van der Waals surface area contributed by atoms with E-state index >= 15 is 0 Å². The molecule has 0 atom stereocenters. The average Bonchev–Trinajstić information content (AvgIpc) is 2.49. The van der Waals surface area contributed by atoms with Crippen LogP contribution in [-0.2, 0) is 0 Å². The van der Waals surface area contributed by atoms with E-state index in [0.29, 0.717) is 6.54 Å². The van der Waals surface area contributed by atoms with Crippen LogP contribution < -0.4 is 5.73 Å². The molecule has 2 rings (SSSR count). The van der Waals surface area contributed by atoms with Gasteiger partial charge >= 0.3 is 0 Å². The number of nitrogens with two attached hydrogens (primary N) is 1. The van der Waals surface area contributed by atoms with Crippen LogP contribution in [0.1, 0.15) is 12.5 Å². The van der Waals surface area contributed by atoms with E-state index in [-0.39, 0.29) is 0 Å². The number of allylic oxidation sites excluding steroid dienone is 1. The summed E-state index contributed by atoms with van der Waals surface area (Å²) in [7, 11) is 0. The van der Waals surface area contributed by atoms with E-state index in [1.165, 1.54) is 0 Å². The molecule has 66 valence electrons. The van der Waals surface area contributed by atoms with Gasteiger partial charge in [0.05, 0.1) is 12.3 Å². The van der Waals surface area contributed by atoms with Gasteiger partial charge in [0.25, 0.3) is 0 Å². The van der Waals surface area contributed by atoms with Crippen molar-refractivity contribution in [2.45, 2.75) is 6.92 Å². The maximum absolute atomic E-state index is 5.77. The van der Waals surface area contributed by atoms with Crippen LogP contribution in [0, 0.1) is 0 Å². The van der Waals surface area contributed by atoms with E-state index in [4.69, 9.17) is 5.73 Å². The summed E-state index contributed by atoms with van der Waals surface area (Å²) in [5.74, 6) is 0. The van der Waals surface area contributed by atoms with Crippen molar-refractivity contribution in [1.29, 1.82) is 0 Å². The van der Waals surface area contributed by atoms with Crippen molar-refractivity contribution in [2.24, 2.45) is 10.7 Å². The maximum atomic E-state index is 5.77. The molecule has 2 nitrogen and oxygen atoms in total. The Morgan fingerprint density at radius 2 is 1.92 bits per heavy atom. The molecule has 0 aromatic heterocycles. The van der Waals surface area contributed by atoms with Gasteiger partial charge in [-0.05, 0) is 12.5 Å². The lowest BCUT2D eigenvalue weighted by Crippen LogP contribution is -2.03. The summed E-state index contributed by atoms with van der Waals surface area (Å²) in [4.78, 5) is 4.39. The molecule has 1 aromatic rings. The van der Waals surface area contributed by atoms with E-state index in [2.05, 4.69) is 17.1 Å². The third-order valence-corrected chi connectivity index (χ3v) is 2.29. The van der Waals surface area contributed by atoms with E-state index in [0.717, 1.165) is 22.5 Å². The lowest BCUT2D eigenvalue weighted by Gasteiger charge is -2.01. The Kier molecular flexibility index (Phi) is 1.89. The molecule has 1 aromatic carbocycles. The fraction of sp³-hybridized carbons (Fsp3) is 0.182. The van der Waals surface area contributed by atoms with Gasteiger partial charge in [0.1, 0.15) is 0 Å². The van der Waals surface area contributed by atoms with E-state index in [9.17, 15) is 0 Å². The van der Waals surface area contributed by atoms with Gasteiger partial charge in [0, 0.05) is 11.3 Å². The second-order valence-corrected chi connectivity index (χ2v) is 3.18. The summed E-state index contributed by atoms with van der Waals surface area (Å²) in [6, 6.07) is 10.1. The molecule has 0 spiro atoms. The number of nitrogens with zero attached hydrogens (tertiary/aromatic N) is 1. The highest BCUT2D eigenvalue weighted by atomic mass is 14.8. The number of hydrogen-bond acceptors (Lipinski definition) is 2. The van der Waals surface area contributed by atoms with Crippen LogP contribution in [0.5, 0.6) is 0 Å². The average molecular weight is 172 g/mol. The topological polar surface area (TPSA) is 38.4 Å². The zero-order valence-corrected chi connectivity index (χ0v) is 7.62. The number of rotatable bonds is 1. The van der Waals surface area contributed by atoms with Gasteiger partial charge in [-0.2, -0.15) is 0 Å². The summed E-state index contributed by atoms with van der Waals surface area (Å²) in [6.07, 6.45) is 0. The van der Waals surface area contributed by atoms with Crippen LogP contribution in [0.15, 0.2) is 46.6 Å². The molecular formula is C11H12N2. The standard InChI is InChI=1S/C11H12N2/c1-8-10(12)7-13-11(8)9-5-3-2-4-6-9/h2-6H,7,12H2,1H3. The summed E-state index contributed by atoms with van der Waals surface area (Å²) < 4.78 is 0. The Morgan fingerprint density at radius 1 is 1.23 bits per heavy atom. The minimum absolute atomic E-state index is 0.649. The summed E-state index contributed by atoms with van der Waals surface area (Å²) in [5.41, 5.74) is 9.97. The molecule has 1 heterocycles. The first-order valence-electron chi connectivity index (χ1n) is 4.34. The second kappa shape index (κ2) is 3.05. The van der Waals surface area contributed by atoms with E-state index < -0.39 is 0 Å². The molecule has 2 N–H and O–H groups in total. The van der Waals surface area contributed by atoms with Crippen LogP contribution in [0.3, 0.4) is 0 Å². The van der Waals surface area contributed by atoms with E-state index in [1.807, 2.05) is 25.1 Å². The SMILES string of the molecule is CC1=C(N)CN=C1c1ccccc1. The lowest BCUT2D eigenvalue weighted by molar-refractivity contribution is 1.13. The monoisotopic (exact) mass is 172 g/mol. The molecule has 0 bridgehead atoms. The molecular weight excluding hydrogens is 160 g/mol. The zero-order valence-electron chi connectivity index (χ0n) is 7.62. The van der Waals surface area contributed by atoms with Crippen LogP contribution in [-0.4, -0.2) is 12.3 Å². The zero-order chi connectivity index (χ0) is 9.26. The van der Waals surface area contributed by atoms with Crippen LogP contribution in [0.4, 0.5) is 0 Å². The Bertz CT molecular complexity index is 374. The van der Waals surface area contributed by atoms with Crippen molar-refractivity contribution < 1.29 is 0 Å². The minimum Gasteiger partial charge on any atom is -0.400 e. The third-order valence-electron chi connectivity index (χ3n) is 2.29. The lowest BCUT2D eigenvalue weighted by atomic mass is 10.0. The van der Waals surface area contributed by atoms with Crippen molar-refractivity contribution in [3.05, 3.63) is 47.2 Å². The summed E-state index contributed by atoms with van der Waals surface area (Å²) >= 11 is 0. The van der Waals surface area contributed by atoms with Crippen LogP contribution >= 0.6 is 0 Å². The highest BCUT2D eigenvalue weighted by Gasteiger charge is 2.13. The number of hydrogen-bond donors (Lipinski definition) is 1. The van der Waals surface area contributed by atoms with Crippen LogP contribution in [0.2, 0.25) is 0 Å². The molecule has 0 unspecified atom stereocenters. The Labute approximate surface area is 77.8 Å². The van der Waals surface area contributed by atoms with E-state index in [1.54, 1.807) is 0 Å². The summed E-state index contributed by atoms with van der Waals surface area (Å²) in [6.45, 7) is 2.67. The molecule has 0 radical (unpaired) electrons. The highest BCUT2D eigenvalue weighted by Crippen LogP contribution is 2.16. The largest absolute Gasteiger partial charge is 0.400 e. The smallest absolute Gasteiger partial charge is 0.0795 e. The molecule has 2 heteroatoms. The first kappa shape index (κ1) is 8.05. The van der Waals surface area contributed by atoms with Crippen molar-refractivity contribution in [3.63, 3.8) is 0 Å². The highest BCUT2D eigenvalue weighted by molar-refractivity contribution is 6.13. The van der Waals surface area contributed by atoms with Gasteiger partial charge in [0.15, 0.2) is 0 Å². The minimum atomic E-state index is 0.649. The molecule has 1 aliphatic heterocycles. The first-order valence-corrected chi connectivity index (χ1v) is 4.34. The molecule has 1 aliphatic rings. The van der Waals surface area contributed by atoms with Gasteiger partial charge in [-0.3, -0.25) is 4.99 Å². The predicted octanol–water partition coefficient (Wildman–Crippen LogP) is 1.72. The van der Waals surface area contributed by atoms with Crippen molar-refractivity contribution in [2.75, 3.05) is 6.54 Å². The van der Waals surface area contributed by atoms with Gasteiger partial charge in [-0.15, -0.1) is 0 Å².